The summed E-state index contributed by atoms with van der Waals surface area (Å²) in [5.74, 6) is -2.23. The Morgan fingerprint density at radius 1 is 0.567 bits per heavy atom. The topological polar surface area (TPSA) is 121 Å². The van der Waals surface area contributed by atoms with E-state index in [-0.39, 0.29) is 34.8 Å². The molecule has 158 valence electrons. The molecule has 30 heavy (non-hydrogen) atoms. The lowest BCUT2D eigenvalue weighted by Gasteiger charge is -2.17. The molecule has 3 aromatic carbocycles. The van der Waals surface area contributed by atoms with E-state index in [1.807, 2.05) is 32.0 Å². The zero-order chi connectivity index (χ0) is 22.0. The molecular weight excluding hydrogens is 384 g/mol. The highest BCUT2D eigenvalue weighted by atomic mass is 16.3. The van der Waals surface area contributed by atoms with Crippen molar-refractivity contribution in [2.75, 3.05) is 0 Å². The molecule has 6 nitrogen and oxygen atoms in total. The Balaban J connectivity index is 1.76. The van der Waals surface area contributed by atoms with Crippen LogP contribution in [0.1, 0.15) is 47.9 Å². The van der Waals surface area contributed by atoms with Crippen molar-refractivity contribution in [1.82, 2.24) is 0 Å². The molecule has 3 rings (SSSR count). The Bertz CT molecular complexity index is 933. The predicted octanol–water partition coefficient (Wildman–Crippen LogP) is 4.61. The van der Waals surface area contributed by atoms with Crippen LogP contribution in [0, 0.1) is 0 Å². The quantitative estimate of drug-likeness (QED) is 0.330. The molecular formula is C24H26O6. The minimum Gasteiger partial charge on any atom is -0.504 e. The summed E-state index contributed by atoms with van der Waals surface area (Å²) < 4.78 is 0. The zero-order valence-electron chi connectivity index (χ0n) is 16.9. The first-order chi connectivity index (χ1) is 14.2. The van der Waals surface area contributed by atoms with Gasteiger partial charge >= 0.3 is 0 Å². The van der Waals surface area contributed by atoms with Gasteiger partial charge in [0, 0.05) is 0 Å². The average molecular weight is 410 g/mol. The van der Waals surface area contributed by atoms with Crippen molar-refractivity contribution in [2.45, 2.75) is 38.5 Å². The van der Waals surface area contributed by atoms with Crippen molar-refractivity contribution in [2.24, 2.45) is 0 Å². The molecule has 2 atom stereocenters. The summed E-state index contributed by atoms with van der Waals surface area (Å²) in [7, 11) is 0. The number of benzene rings is 3. The maximum absolute atomic E-state index is 9.72. The van der Waals surface area contributed by atoms with E-state index in [2.05, 4.69) is 6.07 Å². The average Bonchev–Trinajstić information content (AvgIpc) is 2.70. The van der Waals surface area contributed by atoms with E-state index in [0.29, 0.717) is 24.0 Å². The first-order valence-electron chi connectivity index (χ1n) is 9.73. The summed E-state index contributed by atoms with van der Waals surface area (Å²) in [4.78, 5) is 0. The van der Waals surface area contributed by atoms with Crippen molar-refractivity contribution in [1.29, 1.82) is 0 Å². The molecule has 0 saturated heterocycles. The van der Waals surface area contributed by atoms with Crippen LogP contribution in [0.5, 0.6) is 34.5 Å². The number of aromatic hydroxyl groups is 6. The lowest BCUT2D eigenvalue weighted by atomic mass is 9.88. The third kappa shape index (κ3) is 4.54. The van der Waals surface area contributed by atoms with Crippen LogP contribution in [0.2, 0.25) is 0 Å². The van der Waals surface area contributed by atoms with Gasteiger partial charge in [-0.1, -0.05) is 38.1 Å². The summed E-state index contributed by atoms with van der Waals surface area (Å²) in [5, 5.41) is 57.9. The highest BCUT2D eigenvalue weighted by Gasteiger charge is 2.15. The van der Waals surface area contributed by atoms with E-state index in [4.69, 9.17) is 0 Å². The molecule has 3 aromatic rings. The number of hydrogen-bond acceptors (Lipinski definition) is 6. The fourth-order valence-corrected chi connectivity index (χ4v) is 3.67. The van der Waals surface area contributed by atoms with Crippen molar-refractivity contribution in [3.8, 4) is 34.5 Å². The third-order valence-corrected chi connectivity index (χ3v) is 5.39. The van der Waals surface area contributed by atoms with Gasteiger partial charge in [0.2, 0.25) is 0 Å². The van der Waals surface area contributed by atoms with Gasteiger partial charge in [-0.3, -0.25) is 0 Å². The van der Waals surface area contributed by atoms with Crippen molar-refractivity contribution < 1.29 is 30.6 Å². The maximum Gasteiger partial charge on any atom is 0.200 e. The van der Waals surface area contributed by atoms with Crippen LogP contribution in [-0.4, -0.2) is 30.6 Å². The molecule has 6 heteroatoms. The van der Waals surface area contributed by atoms with E-state index in [1.165, 1.54) is 24.3 Å². The van der Waals surface area contributed by atoms with Gasteiger partial charge in [0.25, 0.3) is 0 Å². The van der Waals surface area contributed by atoms with Crippen LogP contribution >= 0.6 is 0 Å². The highest BCUT2D eigenvalue weighted by molar-refractivity contribution is 5.52. The van der Waals surface area contributed by atoms with Crippen molar-refractivity contribution >= 4 is 0 Å². The van der Waals surface area contributed by atoms with E-state index in [1.54, 1.807) is 0 Å². The minimum atomic E-state index is -0.520. The monoisotopic (exact) mass is 410 g/mol. The van der Waals surface area contributed by atoms with Gasteiger partial charge in [0.05, 0.1) is 0 Å². The number of phenols is 6. The summed E-state index contributed by atoms with van der Waals surface area (Å²) >= 11 is 0. The van der Waals surface area contributed by atoms with Crippen LogP contribution in [0.15, 0.2) is 48.5 Å². The summed E-state index contributed by atoms with van der Waals surface area (Å²) in [6, 6.07) is 13.9. The normalized spacial score (nSPS) is 13.1. The molecule has 0 saturated carbocycles. The van der Waals surface area contributed by atoms with Crippen LogP contribution in [-0.2, 0) is 12.8 Å². The minimum absolute atomic E-state index is 0.0993. The molecule has 0 radical (unpaired) electrons. The second-order valence-electron chi connectivity index (χ2n) is 7.85. The van der Waals surface area contributed by atoms with Gasteiger partial charge in [0.1, 0.15) is 0 Å². The van der Waals surface area contributed by atoms with Crippen LogP contribution in [0.3, 0.4) is 0 Å². The van der Waals surface area contributed by atoms with E-state index < -0.39 is 11.5 Å². The summed E-state index contributed by atoms with van der Waals surface area (Å²) in [6.07, 6.45) is 1.14. The van der Waals surface area contributed by atoms with Gasteiger partial charge in [-0.05, 0) is 71.2 Å². The number of hydrogen-bond donors (Lipinski definition) is 6. The Hall–Kier alpha value is -3.54. The molecule has 0 aliphatic carbocycles. The first kappa shape index (κ1) is 21.2. The molecule has 0 spiro atoms. The fourth-order valence-electron chi connectivity index (χ4n) is 3.67. The van der Waals surface area contributed by atoms with Gasteiger partial charge in [0.15, 0.2) is 34.5 Å². The lowest BCUT2D eigenvalue weighted by molar-refractivity contribution is 0.367. The Morgan fingerprint density at radius 3 is 1.23 bits per heavy atom. The number of rotatable bonds is 6. The van der Waals surface area contributed by atoms with Crippen molar-refractivity contribution in [3.63, 3.8) is 0 Å². The number of phenolic OH excluding ortho intramolecular Hbond substituents is 6. The summed E-state index contributed by atoms with van der Waals surface area (Å²) in [5.41, 5.74) is 3.60. The van der Waals surface area contributed by atoms with Gasteiger partial charge in [-0.15, -0.1) is 0 Å². The lowest BCUT2D eigenvalue weighted by Crippen LogP contribution is -2.03. The predicted molar refractivity (Wildman–Crippen MR) is 114 cm³/mol. The molecule has 6 N–H and O–H groups in total. The second-order valence-corrected chi connectivity index (χ2v) is 7.85. The first-order valence-corrected chi connectivity index (χ1v) is 9.73. The molecule has 0 fully saturated rings. The highest BCUT2D eigenvalue weighted by Crippen LogP contribution is 2.38. The third-order valence-electron chi connectivity index (χ3n) is 5.39. The Labute approximate surface area is 175 Å². The van der Waals surface area contributed by atoms with Gasteiger partial charge in [-0.2, -0.15) is 0 Å². The molecule has 0 heterocycles. The van der Waals surface area contributed by atoms with Crippen LogP contribution in [0.4, 0.5) is 0 Å². The summed E-state index contributed by atoms with van der Waals surface area (Å²) in [6.45, 7) is 4.08. The Morgan fingerprint density at radius 2 is 0.900 bits per heavy atom. The smallest absolute Gasteiger partial charge is 0.200 e. The fraction of sp³-hybridized carbons (Fsp3) is 0.250. The zero-order valence-corrected chi connectivity index (χ0v) is 16.9. The molecule has 0 aromatic heterocycles. The standard InChI is InChI=1S/C24H26O6/c1-13(6-15-8-19(25)23(29)20(26)9-15)17-4-3-5-18(12-17)14(2)7-16-10-21(27)24(30)22(28)11-16/h3-5,8-14,25-30H,6-7H2,1-2H3. The van der Waals surface area contributed by atoms with E-state index >= 15 is 0 Å². The van der Waals surface area contributed by atoms with Crippen LogP contribution < -0.4 is 0 Å². The molecule has 0 amide bonds. The van der Waals surface area contributed by atoms with Gasteiger partial charge in [-0.25, -0.2) is 0 Å². The maximum atomic E-state index is 9.72. The van der Waals surface area contributed by atoms with E-state index in [9.17, 15) is 30.6 Å². The molecule has 0 aliphatic heterocycles. The van der Waals surface area contributed by atoms with E-state index in [0.717, 1.165) is 11.1 Å². The molecule has 2 unspecified atom stereocenters. The Kier molecular flexibility index (Phi) is 5.96. The van der Waals surface area contributed by atoms with Crippen LogP contribution in [0.25, 0.3) is 0 Å². The largest absolute Gasteiger partial charge is 0.504 e. The second kappa shape index (κ2) is 8.45. The molecule has 0 bridgehead atoms. The van der Waals surface area contributed by atoms with Gasteiger partial charge < -0.3 is 30.6 Å². The SMILES string of the molecule is CC(Cc1cc(O)c(O)c(O)c1)c1cccc(C(C)Cc2cc(O)c(O)c(O)c2)c1. The molecule has 0 aliphatic rings. The van der Waals surface area contributed by atoms with Crippen molar-refractivity contribution in [3.05, 3.63) is 70.8 Å².